The molecular formula is C24H29FN4O3S. The summed E-state index contributed by atoms with van der Waals surface area (Å²) in [5.74, 6) is -0.695. The number of nitrogens with two attached hydrogens (primary N) is 1. The maximum atomic E-state index is 15.0. The van der Waals surface area contributed by atoms with Crippen molar-refractivity contribution in [2.45, 2.75) is 44.2 Å². The maximum Gasteiger partial charge on any atom is 0.238 e. The van der Waals surface area contributed by atoms with Gasteiger partial charge in [0, 0.05) is 31.7 Å². The molecule has 0 radical (unpaired) electrons. The van der Waals surface area contributed by atoms with Gasteiger partial charge < -0.3 is 4.74 Å². The number of sulfonamides is 1. The molecule has 0 saturated carbocycles. The summed E-state index contributed by atoms with van der Waals surface area (Å²) in [5, 5.41) is 9.87. The standard InChI is InChI=1S/C24H29FN4O3S/c1-3-21-16-28(9-10-32-21)15-19-13-20(12-18-6-4-5-17(2)11-18)29(27-19)24-8-7-22(14-23(24)25)33(26,30)31/h4-8,11,13-14,21H,3,9-10,12,15-16H2,1-2H3,(H2,26,30,31). The first-order valence-electron chi connectivity index (χ1n) is 11.0. The minimum Gasteiger partial charge on any atom is -0.376 e. The lowest BCUT2D eigenvalue weighted by Crippen LogP contribution is -2.41. The lowest BCUT2D eigenvalue weighted by atomic mass is 10.1. The zero-order valence-electron chi connectivity index (χ0n) is 18.9. The summed E-state index contributed by atoms with van der Waals surface area (Å²) in [6.07, 6.45) is 1.72. The van der Waals surface area contributed by atoms with Gasteiger partial charge in [-0.15, -0.1) is 0 Å². The average Bonchev–Trinajstić information content (AvgIpc) is 3.14. The van der Waals surface area contributed by atoms with Crippen molar-refractivity contribution in [2.24, 2.45) is 5.14 Å². The van der Waals surface area contributed by atoms with E-state index in [0.717, 1.165) is 48.1 Å². The van der Waals surface area contributed by atoms with Gasteiger partial charge in [0.15, 0.2) is 0 Å². The van der Waals surface area contributed by atoms with Crippen LogP contribution in [0.2, 0.25) is 0 Å². The number of rotatable bonds is 7. The van der Waals surface area contributed by atoms with Crippen LogP contribution in [0.15, 0.2) is 53.4 Å². The van der Waals surface area contributed by atoms with Gasteiger partial charge in [0.2, 0.25) is 10.0 Å². The van der Waals surface area contributed by atoms with Crippen molar-refractivity contribution in [1.82, 2.24) is 14.7 Å². The Bertz CT molecular complexity index is 1240. The first-order valence-corrected chi connectivity index (χ1v) is 12.6. The van der Waals surface area contributed by atoms with E-state index in [4.69, 9.17) is 15.0 Å². The Morgan fingerprint density at radius 1 is 1.21 bits per heavy atom. The molecule has 1 fully saturated rings. The number of aryl methyl sites for hydroxylation is 1. The molecule has 0 amide bonds. The smallest absolute Gasteiger partial charge is 0.238 e. The van der Waals surface area contributed by atoms with Crippen LogP contribution in [0, 0.1) is 12.7 Å². The van der Waals surface area contributed by atoms with Gasteiger partial charge in [-0.05, 0) is 43.2 Å². The Labute approximate surface area is 194 Å². The van der Waals surface area contributed by atoms with Crippen LogP contribution in [0.4, 0.5) is 4.39 Å². The predicted octanol–water partition coefficient (Wildman–Crippen LogP) is 3.17. The van der Waals surface area contributed by atoms with E-state index in [9.17, 15) is 8.42 Å². The van der Waals surface area contributed by atoms with E-state index in [1.165, 1.54) is 12.1 Å². The number of ether oxygens (including phenoxy) is 1. The molecule has 1 aliphatic heterocycles. The van der Waals surface area contributed by atoms with Crippen molar-refractivity contribution in [3.8, 4) is 5.69 Å². The van der Waals surface area contributed by atoms with Gasteiger partial charge in [-0.25, -0.2) is 22.6 Å². The number of halogens is 1. The molecule has 1 atom stereocenters. The fraction of sp³-hybridized carbons (Fsp3) is 0.375. The molecule has 1 unspecified atom stereocenters. The molecule has 9 heteroatoms. The number of nitrogens with zero attached hydrogens (tertiary/aromatic N) is 3. The van der Waals surface area contributed by atoms with Crippen LogP contribution in [0.1, 0.15) is 35.9 Å². The van der Waals surface area contributed by atoms with E-state index < -0.39 is 15.8 Å². The van der Waals surface area contributed by atoms with Crippen molar-refractivity contribution in [1.29, 1.82) is 0 Å². The Hall–Kier alpha value is -2.59. The lowest BCUT2D eigenvalue weighted by Gasteiger charge is -2.31. The molecule has 4 rings (SSSR count). The number of benzene rings is 2. The first-order chi connectivity index (χ1) is 15.7. The van der Waals surface area contributed by atoms with Gasteiger partial charge >= 0.3 is 0 Å². The fourth-order valence-corrected chi connectivity index (χ4v) is 4.68. The molecule has 0 aliphatic carbocycles. The molecule has 0 bridgehead atoms. The largest absolute Gasteiger partial charge is 0.376 e. The monoisotopic (exact) mass is 472 g/mol. The molecule has 1 saturated heterocycles. The van der Waals surface area contributed by atoms with Crippen LogP contribution in [0.5, 0.6) is 0 Å². The fourth-order valence-electron chi connectivity index (χ4n) is 4.15. The number of morpholine rings is 1. The third-order valence-corrected chi connectivity index (χ3v) is 6.75. The van der Waals surface area contributed by atoms with Crippen LogP contribution in [-0.2, 0) is 27.7 Å². The summed E-state index contributed by atoms with van der Waals surface area (Å²) in [6, 6.07) is 13.8. The molecular weight excluding hydrogens is 443 g/mol. The Morgan fingerprint density at radius 2 is 2.03 bits per heavy atom. The maximum absolute atomic E-state index is 15.0. The molecule has 176 valence electrons. The van der Waals surface area contributed by atoms with Gasteiger partial charge in [0.25, 0.3) is 0 Å². The quantitative estimate of drug-likeness (QED) is 0.570. The normalized spacial score (nSPS) is 17.4. The number of primary sulfonamides is 1. The van der Waals surface area contributed by atoms with Crippen molar-refractivity contribution >= 4 is 10.0 Å². The molecule has 0 spiro atoms. The third-order valence-electron chi connectivity index (χ3n) is 5.84. The average molecular weight is 473 g/mol. The van der Waals surface area contributed by atoms with Crippen LogP contribution in [0.25, 0.3) is 5.69 Å². The van der Waals surface area contributed by atoms with Crippen molar-refractivity contribution < 1.29 is 17.5 Å². The molecule has 2 heterocycles. The summed E-state index contributed by atoms with van der Waals surface area (Å²) in [4.78, 5) is 2.02. The van der Waals surface area contributed by atoms with E-state index in [1.54, 1.807) is 4.68 Å². The molecule has 3 aromatic rings. The summed E-state index contributed by atoms with van der Waals surface area (Å²) in [5.41, 5.74) is 4.05. The van der Waals surface area contributed by atoms with Gasteiger partial charge in [0.1, 0.15) is 11.5 Å². The molecule has 7 nitrogen and oxygen atoms in total. The van der Waals surface area contributed by atoms with Crippen LogP contribution >= 0.6 is 0 Å². The lowest BCUT2D eigenvalue weighted by molar-refractivity contribution is -0.0328. The van der Waals surface area contributed by atoms with Gasteiger partial charge in [0.05, 0.1) is 23.3 Å². The highest BCUT2D eigenvalue weighted by Crippen LogP contribution is 2.23. The Morgan fingerprint density at radius 3 is 2.73 bits per heavy atom. The minimum absolute atomic E-state index is 0.185. The van der Waals surface area contributed by atoms with Crippen LogP contribution in [0.3, 0.4) is 0 Å². The van der Waals surface area contributed by atoms with E-state index in [1.807, 2.05) is 31.2 Å². The molecule has 1 aromatic heterocycles. The zero-order chi connectivity index (χ0) is 23.6. The second-order valence-corrected chi connectivity index (χ2v) is 10.1. The van der Waals surface area contributed by atoms with Crippen molar-refractivity contribution in [2.75, 3.05) is 19.7 Å². The van der Waals surface area contributed by atoms with E-state index in [-0.39, 0.29) is 16.7 Å². The van der Waals surface area contributed by atoms with E-state index in [0.29, 0.717) is 19.6 Å². The zero-order valence-corrected chi connectivity index (χ0v) is 19.7. The molecule has 2 aromatic carbocycles. The number of hydrogen-bond acceptors (Lipinski definition) is 5. The molecule has 2 N–H and O–H groups in total. The highest BCUT2D eigenvalue weighted by atomic mass is 32.2. The Kier molecular flexibility index (Phi) is 6.94. The Balaban J connectivity index is 1.69. The number of aromatic nitrogens is 2. The van der Waals surface area contributed by atoms with Crippen LogP contribution in [-0.4, -0.2) is 48.9 Å². The molecule has 1 aliphatic rings. The minimum atomic E-state index is -4.00. The van der Waals surface area contributed by atoms with Gasteiger partial charge in [-0.2, -0.15) is 5.10 Å². The second-order valence-electron chi connectivity index (χ2n) is 8.50. The summed E-state index contributed by atoms with van der Waals surface area (Å²) in [6.45, 7) is 7.09. The first kappa shape index (κ1) is 23.6. The topological polar surface area (TPSA) is 90.5 Å². The summed E-state index contributed by atoms with van der Waals surface area (Å²) >= 11 is 0. The highest BCUT2D eigenvalue weighted by Gasteiger charge is 2.22. The van der Waals surface area contributed by atoms with Gasteiger partial charge in [-0.3, -0.25) is 4.90 Å². The predicted molar refractivity (Wildman–Crippen MR) is 124 cm³/mol. The molecule has 33 heavy (non-hydrogen) atoms. The highest BCUT2D eigenvalue weighted by molar-refractivity contribution is 7.89. The number of hydrogen-bond donors (Lipinski definition) is 1. The van der Waals surface area contributed by atoms with E-state index >= 15 is 4.39 Å². The van der Waals surface area contributed by atoms with E-state index in [2.05, 4.69) is 17.9 Å². The third kappa shape index (κ3) is 5.67. The summed E-state index contributed by atoms with van der Waals surface area (Å²) in [7, 11) is -4.00. The second kappa shape index (κ2) is 9.72. The SMILES string of the molecule is CCC1CN(Cc2cc(Cc3cccc(C)c3)n(-c3ccc(S(N)(=O)=O)cc3F)n2)CCO1. The van der Waals surface area contributed by atoms with Crippen molar-refractivity contribution in [3.05, 3.63) is 76.9 Å². The van der Waals surface area contributed by atoms with Gasteiger partial charge in [-0.1, -0.05) is 36.8 Å². The van der Waals surface area contributed by atoms with Crippen molar-refractivity contribution in [3.63, 3.8) is 0 Å². The van der Waals surface area contributed by atoms with Crippen LogP contribution < -0.4 is 5.14 Å². The summed E-state index contributed by atoms with van der Waals surface area (Å²) < 4.78 is 45.6.